The zero-order valence-electron chi connectivity index (χ0n) is 11.6. The van der Waals surface area contributed by atoms with Crippen molar-refractivity contribution < 1.29 is 14.3 Å². The lowest BCUT2D eigenvalue weighted by atomic mass is 10.1. The first-order valence-corrected chi connectivity index (χ1v) is 6.80. The van der Waals surface area contributed by atoms with E-state index < -0.39 is 0 Å². The molecule has 1 atom stereocenters. The standard InChI is InChI=1S/C15H21NO3/c1-3-12-9-11(6-7-14(12)18-2)10-19-15(17)13-5-4-8-16-13/h6-7,9,13,16H,3-5,8,10H2,1-2H3. The van der Waals surface area contributed by atoms with Crippen LogP contribution in [-0.4, -0.2) is 25.7 Å². The van der Waals surface area contributed by atoms with Gasteiger partial charge in [0.1, 0.15) is 18.4 Å². The van der Waals surface area contributed by atoms with Crippen LogP contribution in [0.4, 0.5) is 0 Å². The molecule has 1 N–H and O–H groups in total. The fraction of sp³-hybridized carbons (Fsp3) is 0.533. The highest BCUT2D eigenvalue weighted by molar-refractivity contribution is 5.76. The summed E-state index contributed by atoms with van der Waals surface area (Å²) in [6.45, 7) is 3.31. The molecule has 0 spiro atoms. The number of benzene rings is 1. The van der Waals surface area contributed by atoms with Gasteiger partial charge in [-0.25, -0.2) is 0 Å². The summed E-state index contributed by atoms with van der Waals surface area (Å²) in [6.07, 6.45) is 2.82. The van der Waals surface area contributed by atoms with Gasteiger partial charge in [0.25, 0.3) is 0 Å². The Balaban J connectivity index is 1.93. The molecule has 0 bridgehead atoms. The molecule has 0 aliphatic carbocycles. The highest BCUT2D eigenvalue weighted by atomic mass is 16.5. The molecule has 0 radical (unpaired) electrons. The third-order valence-corrected chi connectivity index (χ3v) is 3.45. The predicted molar refractivity (Wildman–Crippen MR) is 73.2 cm³/mol. The van der Waals surface area contributed by atoms with Crippen LogP contribution in [0, 0.1) is 0 Å². The molecule has 1 aromatic rings. The van der Waals surface area contributed by atoms with Gasteiger partial charge in [0.05, 0.1) is 7.11 Å². The fourth-order valence-electron chi connectivity index (χ4n) is 2.34. The second-order valence-electron chi connectivity index (χ2n) is 4.76. The minimum absolute atomic E-state index is 0.121. The van der Waals surface area contributed by atoms with Crippen molar-refractivity contribution in [3.63, 3.8) is 0 Å². The van der Waals surface area contributed by atoms with Crippen LogP contribution in [0.1, 0.15) is 30.9 Å². The predicted octanol–water partition coefficient (Wildman–Crippen LogP) is 2.05. The first-order chi connectivity index (χ1) is 9.24. The molecule has 0 amide bonds. The number of hydrogen-bond donors (Lipinski definition) is 1. The Hall–Kier alpha value is -1.55. The summed E-state index contributed by atoms with van der Waals surface area (Å²) in [6, 6.07) is 5.78. The van der Waals surface area contributed by atoms with Crippen molar-refractivity contribution in [2.24, 2.45) is 0 Å². The number of hydrogen-bond acceptors (Lipinski definition) is 4. The molecule has 19 heavy (non-hydrogen) atoms. The number of carbonyl (C=O) groups is 1. The van der Waals surface area contributed by atoms with Crippen molar-refractivity contribution in [1.29, 1.82) is 0 Å². The van der Waals surface area contributed by atoms with Gasteiger partial charge in [-0.2, -0.15) is 0 Å². The maximum Gasteiger partial charge on any atom is 0.323 e. The molecule has 4 nitrogen and oxygen atoms in total. The van der Waals surface area contributed by atoms with Crippen molar-refractivity contribution in [2.75, 3.05) is 13.7 Å². The molecule has 0 aromatic heterocycles. The van der Waals surface area contributed by atoms with Gasteiger partial charge in [-0.3, -0.25) is 4.79 Å². The van der Waals surface area contributed by atoms with Crippen LogP contribution in [0.25, 0.3) is 0 Å². The zero-order chi connectivity index (χ0) is 13.7. The van der Waals surface area contributed by atoms with E-state index in [2.05, 4.69) is 12.2 Å². The van der Waals surface area contributed by atoms with E-state index in [0.29, 0.717) is 6.61 Å². The average molecular weight is 263 g/mol. The number of ether oxygens (including phenoxy) is 2. The van der Waals surface area contributed by atoms with E-state index in [1.54, 1.807) is 7.11 Å². The SMILES string of the molecule is CCc1cc(COC(=O)C2CCCN2)ccc1OC. The lowest BCUT2D eigenvalue weighted by Gasteiger charge is -2.12. The molecular weight excluding hydrogens is 242 g/mol. The third kappa shape index (κ3) is 3.47. The van der Waals surface area contributed by atoms with Crippen LogP contribution in [0.15, 0.2) is 18.2 Å². The largest absolute Gasteiger partial charge is 0.496 e. The van der Waals surface area contributed by atoms with Crippen LogP contribution >= 0.6 is 0 Å². The second-order valence-corrected chi connectivity index (χ2v) is 4.76. The number of carbonyl (C=O) groups excluding carboxylic acids is 1. The molecule has 4 heteroatoms. The molecule has 1 aliphatic rings. The number of rotatable bonds is 5. The molecule has 104 valence electrons. The van der Waals surface area contributed by atoms with Gasteiger partial charge < -0.3 is 14.8 Å². The summed E-state index contributed by atoms with van der Waals surface area (Å²) in [5, 5.41) is 3.14. The minimum Gasteiger partial charge on any atom is -0.496 e. The second kappa shape index (κ2) is 6.57. The van der Waals surface area contributed by atoms with Gasteiger partial charge in [0, 0.05) is 0 Å². The van der Waals surface area contributed by atoms with Gasteiger partial charge in [0.15, 0.2) is 0 Å². The number of esters is 1. The van der Waals surface area contributed by atoms with E-state index in [9.17, 15) is 4.79 Å². The topological polar surface area (TPSA) is 47.6 Å². The van der Waals surface area contributed by atoms with Crippen LogP contribution in [-0.2, 0) is 22.6 Å². The Labute approximate surface area is 114 Å². The monoisotopic (exact) mass is 263 g/mol. The molecule has 0 saturated carbocycles. The van der Waals surface area contributed by atoms with Gasteiger partial charge >= 0.3 is 5.97 Å². The van der Waals surface area contributed by atoms with E-state index >= 15 is 0 Å². The molecular formula is C15H21NO3. The molecule has 1 fully saturated rings. The van der Waals surface area contributed by atoms with Crippen molar-refractivity contribution in [3.8, 4) is 5.75 Å². The first-order valence-electron chi connectivity index (χ1n) is 6.80. The maximum atomic E-state index is 11.8. The lowest BCUT2D eigenvalue weighted by Crippen LogP contribution is -2.32. The molecule has 1 saturated heterocycles. The van der Waals surface area contributed by atoms with E-state index in [0.717, 1.165) is 42.7 Å². The Morgan fingerprint density at radius 2 is 2.32 bits per heavy atom. The maximum absolute atomic E-state index is 11.8. The third-order valence-electron chi connectivity index (χ3n) is 3.45. The summed E-state index contributed by atoms with van der Waals surface area (Å²) >= 11 is 0. The quantitative estimate of drug-likeness (QED) is 0.826. The van der Waals surface area contributed by atoms with Gasteiger partial charge in [0.2, 0.25) is 0 Å². The summed E-state index contributed by atoms with van der Waals surface area (Å²) in [4.78, 5) is 11.8. The molecule has 1 aliphatic heterocycles. The zero-order valence-corrected chi connectivity index (χ0v) is 11.6. The first kappa shape index (κ1) is 13.9. The molecule has 1 heterocycles. The van der Waals surface area contributed by atoms with E-state index in [1.165, 1.54) is 0 Å². The van der Waals surface area contributed by atoms with E-state index in [4.69, 9.17) is 9.47 Å². The Bertz CT molecular complexity index is 439. The average Bonchev–Trinajstić information content (AvgIpc) is 2.98. The van der Waals surface area contributed by atoms with Gasteiger partial charge in [-0.1, -0.05) is 13.0 Å². The summed E-state index contributed by atoms with van der Waals surface area (Å²) in [5.41, 5.74) is 2.14. The number of nitrogens with one attached hydrogen (secondary N) is 1. The van der Waals surface area contributed by atoms with Crippen LogP contribution in [0.2, 0.25) is 0 Å². The number of aryl methyl sites for hydroxylation is 1. The lowest BCUT2D eigenvalue weighted by molar-refractivity contribution is -0.147. The summed E-state index contributed by atoms with van der Waals surface area (Å²) < 4.78 is 10.6. The smallest absolute Gasteiger partial charge is 0.323 e. The van der Waals surface area contributed by atoms with E-state index in [-0.39, 0.29) is 12.0 Å². The molecule has 1 unspecified atom stereocenters. The Kier molecular flexibility index (Phi) is 4.80. The van der Waals surface area contributed by atoms with Crippen LogP contribution in [0.5, 0.6) is 5.75 Å². The van der Waals surface area contributed by atoms with Crippen LogP contribution in [0.3, 0.4) is 0 Å². The Morgan fingerprint density at radius 1 is 1.47 bits per heavy atom. The summed E-state index contributed by atoms with van der Waals surface area (Å²) in [7, 11) is 1.67. The highest BCUT2D eigenvalue weighted by Gasteiger charge is 2.23. The minimum atomic E-state index is -0.147. The van der Waals surface area contributed by atoms with Crippen LogP contribution < -0.4 is 10.1 Å². The van der Waals surface area contributed by atoms with Gasteiger partial charge in [-0.15, -0.1) is 0 Å². The normalized spacial score (nSPS) is 18.3. The Morgan fingerprint density at radius 3 is 2.95 bits per heavy atom. The van der Waals surface area contributed by atoms with Crippen molar-refractivity contribution >= 4 is 5.97 Å². The van der Waals surface area contributed by atoms with E-state index in [1.807, 2.05) is 18.2 Å². The molecule has 1 aromatic carbocycles. The highest BCUT2D eigenvalue weighted by Crippen LogP contribution is 2.21. The van der Waals surface area contributed by atoms with Crippen molar-refractivity contribution in [2.45, 2.75) is 38.8 Å². The van der Waals surface area contributed by atoms with Gasteiger partial charge in [-0.05, 0) is 49.1 Å². The number of methoxy groups -OCH3 is 1. The fourth-order valence-corrected chi connectivity index (χ4v) is 2.34. The summed E-state index contributed by atoms with van der Waals surface area (Å²) in [5.74, 6) is 0.737. The van der Waals surface area contributed by atoms with Crippen molar-refractivity contribution in [3.05, 3.63) is 29.3 Å². The molecule has 2 rings (SSSR count). The van der Waals surface area contributed by atoms with Crippen molar-refractivity contribution in [1.82, 2.24) is 5.32 Å².